The first kappa shape index (κ1) is 23.2. The van der Waals surface area contributed by atoms with E-state index in [1.165, 1.54) is 27.4 Å². The third-order valence-corrected chi connectivity index (χ3v) is 9.50. The normalized spacial score (nSPS) is 23.3. The molecule has 1 aliphatic carbocycles. The van der Waals surface area contributed by atoms with Gasteiger partial charge in [0.15, 0.2) is 5.82 Å². The monoisotopic (exact) mass is 534 g/mol. The number of fused-ring (bicyclic) bond motifs is 2. The molecule has 194 valence electrons. The lowest BCUT2D eigenvalue weighted by Gasteiger charge is -2.23. The summed E-state index contributed by atoms with van der Waals surface area (Å²) in [7, 11) is -2.25. The number of sulfonamides is 1. The van der Waals surface area contributed by atoms with Crippen molar-refractivity contribution in [2.45, 2.75) is 30.2 Å². The molecular weight excluding hydrogens is 511 g/mol. The van der Waals surface area contributed by atoms with E-state index >= 15 is 0 Å². The number of aromatic nitrogens is 7. The van der Waals surface area contributed by atoms with Gasteiger partial charge in [0, 0.05) is 30.9 Å². The Bertz CT molecular complexity index is 1830. The van der Waals surface area contributed by atoms with Crippen LogP contribution in [0.15, 0.2) is 58.3 Å². The number of hydrogen-bond donors (Lipinski definition) is 0. The summed E-state index contributed by atoms with van der Waals surface area (Å²) in [5, 5.41) is 17.3. The molecule has 2 fully saturated rings. The fourth-order valence-electron chi connectivity index (χ4n) is 6.09. The summed E-state index contributed by atoms with van der Waals surface area (Å²) in [6.45, 7) is 4.33. The topological polar surface area (TPSA) is 125 Å². The molecular formula is C25H23FN8O3S. The number of halogens is 1. The van der Waals surface area contributed by atoms with E-state index in [0.29, 0.717) is 18.3 Å². The number of piperidine rings is 1. The molecule has 0 radical (unpaired) electrons. The van der Waals surface area contributed by atoms with Crippen LogP contribution in [-0.2, 0) is 22.5 Å². The molecule has 13 heteroatoms. The highest BCUT2D eigenvalue weighted by molar-refractivity contribution is 7.89. The van der Waals surface area contributed by atoms with E-state index in [9.17, 15) is 12.8 Å². The Labute approximate surface area is 216 Å². The first-order valence-electron chi connectivity index (χ1n) is 12.1. The predicted octanol–water partition coefficient (Wildman–Crippen LogP) is 2.65. The van der Waals surface area contributed by atoms with Crippen molar-refractivity contribution in [2.24, 2.45) is 13.0 Å². The highest BCUT2D eigenvalue weighted by Crippen LogP contribution is 2.70. The highest BCUT2D eigenvalue weighted by Gasteiger charge is 2.74. The summed E-state index contributed by atoms with van der Waals surface area (Å²) in [4.78, 5) is 5.74. The summed E-state index contributed by atoms with van der Waals surface area (Å²) in [6, 6.07) is 10.3. The molecule has 3 atom stereocenters. The smallest absolute Gasteiger partial charge is 0.264 e. The van der Waals surface area contributed by atoms with Crippen LogP contribution in [0.2, 0.25) is 0 Å². The zero-order valence-corrected chi connectivity index (χ0v) is 21.6. The number of aryl methyl sites for hydroxylation is 3. The van der Waals surface area contributed by atoms with Crippen LogP contribution in [0.1, 0.15) is 28.8 Å². The van der Waals surface area contributed by atoms with Crippen LogP contribution in [0.5, 0.6) is 0 Å². The maximum Gasteiger partial charge on any atom is 0.264 e. The van der Waals surface area contributed by atoms with Gasteiger partial charge in [-0.2, -0.15) is 24.3 Å². The van der Waals surface area contributed by atoms with Crippen molar-refractivity contribution in [3.8, 4) is 5.69 Å². The van der Waals surface area contributed by atoms with Crippen molar-refractivity contribution in [1.29, 1.82) is 0 Å². The number of benzene rings is 2. The van der Waals surface area contributed by atoms with E-state index < -0.39 is 15.4 Å². The van der Waals surface area contributed by atoms with Crippen LogP contribution < -0.4 is 0 Å². The van der Waals surface area contributed by atoms with Crippen molar-refractivity contribution in [1.82, 2.24) is 39.2 Å². The minimum Gasteiger partial charge on any atom is -0.339 e. The third-order valence-electron chi connectivity index (χ3n) is 7.83. The lowest BCUT2D eigenvalue weighted by atomic mass is 9.88. The fraction of sp³-hybridized carbons (Fsp3) is 0.320. The lowest BCUT2D eigenvalue weighted by Crippen LogP contribution is -2.35. The van der Waals surface area contributed by atoms with Gasteiger partial charge in [-0.1, -0.05) is 5.16 Å². The van der Waals surface area contributed by atoms with Gasteiger partial charge in [0.25, 0.3) is 10.0 Å². The first-order valence-corrected chi connectivity index (χ1v) is 13.5. The van der Waals surface area contributed by atoms with Crippen molar-refractivity contribution >= 4 is 20.9 Å². The van der Waals surface area contributed by atoms with Gasteiger partial charge in [0.1, 0.15) is 5.82 Å². The lowest BCUT2D eigenvalue weighted by molar-refractivity contribution is 0.345. The maximum atomic E-state index is 13.5. The average molecular weight is 535 g/mol. The van der Waals surface area contributed by atoms with E-state index in [1.807, 2.05) is 13.0 Å². The van der Waals surface area contributed by atoms with E-state index in [2.05, 4.69) is 31.5 Å². The fourth-order valence-corrected chi connectivity index (χ4v) is 7.50. The first-order chi connectivity index (χ1) is 18.2. The standard InChI is InChI=1S/C25H23FN8O3S/c1-14-8-21-16(10-28-34(21)18-6-4-17(26)5-7-18)9-19(14)25-13-33(38(35,36)22-11-27-32(3)30-22)12-20(25)23(25)24-29-15(2)31-37-24/h4-11,20,23H,12-13H2,1-3H3. The summed E-state index contributed by atoms with van der Waals surface area (Å²) >= 11 is 0. The molecule has 0 spiro atoms. The predicted molar refractivity (Wildman–Crippen MR) is 132 cm³/mol. The Kier molecular flexibility index (Phi) is 4.74. The van der Waals surface area contributed by atoms with Gasteiger partial charge in [-0.25, -0.2) is 17.5 Å². The van der Waals surface area contributed by atoms with Crippen LogP contribution in [0, 0.1) is 25.6 Å². The quantitative estimate of drug-likeness (QED) is 0.337. The molecule has 0 amide bonds. The zero-order chi connectivity index (χ0) is 26.4. The number of rotatable bonds is 5. The molecule has 1 aliphatic heterocycles. The molecule has 7 rings (SSSR count). The van der Waals surface area contributed by atoms with Gasteiger partial charge in [-0.05, 0) is 67.3 Å². The van der Waals surface area contributed by atoms with Gasteiger partial charge >= 0.3 is 0 Å². The highest BCUT2D eigenvalue weighted by atomic mass is 32.2. The second-order valence-electron chi connectivity index (χ2n) is 10.0. The maximum absolute atomic E-state index is 13.5. The molecule has 3 unspecified atom stereocenters. The van der Waals surface area contributed by atoms with Crippen molar-refractivity contribution in [3.63, 3.8) is 0 Å². The minimum atomic E-state index is -3.83. The van der Waals surface area contributed by atoms with Gasteiger partial charge in [-0.15, -0.1) is 5.10 Å². The molecule has 3 aromatic heterocycles. The Hall–Kier alpha value is -3.97. The van der Waals surface area contributed by atoms with Gasteiger partial charge < -0.3 is 4.52 Å². The van der Waals surface area contributed by atoms with Gasteiger partial charge in [-0.3, -0.25) is 0 Å². The van der Waals surface area contributed by atoms with Crippen LogP contribution in [0.4, 0.5) is 4.39 Å². The van der Waals surface area contributed by atoms with Crippen LogP contribution in [-0.4, -0.2) is 60.7 Å². The van der Waals surface area contributed by atoms with Gasteiger partial charge in [0.05, 0.1) is 29.5 Å². The summed E-state index contributed by atoms with van der Waals surface area (Å²) < 4.78 is 49.2. The SMILES string of the molecule is Cc1noc(C2C3CN(S(=O)(=O)c4cnn(C)n4)CC32c2cc3cnn(-c4ccc(F)cc4)c3cc2C)n1. The van der Waals surface area contributed by atoms with E-state index in [0.717, 1.165) is 27.7 Å². The van der Waals surface area contributed by atoms with E-state index in [4.69, 9.17) is 4.52 Å². The molecule has 2 aromatic carbocycles. The molecule has 1 saturated carbocycles. The molecule has 0 N–H and O–H groups in total. The second-order valence-corrected chi connectivity index (χ2v) is 11.9. The average Bonchev–Trinajstić information content (AvgIpc) is 3.48. The Morgan fingerprint density at radius 1 is 1.11 bits per heavy atom. The Morgan fingerprint density at radius 3 is 2.58 bits per heavy atom. The largest absolute Gasteiger partial charge is 0.339 e. The van der Waals surface area contributed by atoms with Crippen LogP contribution in [0.25, 0.3) is 16.6 Å². The van der Waals surface area contributed by atoms with Gasteiger partial charge in [0.2, 0.25) is 10.9 Å². The number of hydrogen-bond acceptors (Lipinski definition) is 8. The summed E-state index contributed by atoms with van der Waals surface area (Å²) in [5.74, 6) is 0.590. The molecule has 0 bridgehead atoms. The van der Waals surface area contributed by atoms with E-state index in [1.54, 1.807) is 37.0 Å². The van der Waals surface area contributed by atoms with Crippen LogP contribution >= 0.6 is 0 Å². The molecule has 11 nitrogen and oxygen atoms in total. The molecule has 38 heavy (non-hydrogen) atoms. The van der Waals surface area contributed by atoms with Crippen LogP contribution in [0.3, 0.4) is 0 Å². The van der Waals surface area contributed by atoms with Crippen molar-refractivity contribution in [3.05, 3.63) is 77.5 Å². The van der Waals surface area contributed by atoms with E-state index in [-0.39, 0.29) is 29.2 Å². The Morgan fingerprint density at radius 2 is 1.89 bits per heavy atom. The third kappa shape index (κ3) is 3.21. The zero-order valence-electron chi connectivity index (χ0n) is 20.8. The molecule has 2 aliphatic rings. The van der Waals surface area contributed by atoms with Crippen molar-refractivity contribution < 1.29 is 17.3 Å². The second kappa shape index (κ2) is 7.77. The van der Waals surface area contributed by atoms with Crippen molar-refractivity contribution in [2.75, 3.05) is 13.1 Å². The molecule has 5 aromatic rings. The molecule has 1 saturated heterocycles. The Balaban J connectivity index is 1.33. The number of nitrogens with zero attached hydrogens (tertiary/aromatic N) is 8. The molecule has 4 heterocycles. The summed E-state index contributed by atoms with van der Waals surface area (Å²) in [5.41, 5.74) is 3.09. The minimum absolute atomic E-state index is 0.0444. The summed E-state index contributed by atoms with van der Waals surface area (Å²) in [6.07, 6.45) is 3.04.